The lowest BCUT2D eigenvalue weighted by Gasteiger charge is -2.09. The van der Waals surface area contributed by atoms with Crippen molar-refractivity contribution in [1.29, 1.82) is 0 Å². The minimum absolute atomic E-state index is 0.280. The summed E-state index contributed by atoms with van der Waals surface area (Å²) in [5.74, 6) is -0.280. The highest BCUT2D eigenvalue weighted by atomic mass is 16.5. The first-order chi connectivity index (χ1) is 9.79. The summed E-state index contributed by atoms with van der Waals surface area (Å²) < 4.78 is 5.12. The number of aromatic amines is 1. The first kappa shape index (κ1) is 12.5. The molecule has 3 aromatic rings. The van der Waals surface area contributed by atoms with Gasteiger partial charge in [0.2, 0.25) is 0 Å². The fourth-order valence-corrected chi connectivity index (χ4v) is 2.34. The van der Waals surface area contributed by atoms with Gasteiger partial charge in [0, 0.05) is 11.7 Å². The lowest BCUT2D eigenvalue weighted by Crippen LogP contribution is -2.06. The van der Waals surface area contributed by atoms with E-state index in [0.717, 1.165) is 22.0 Å². The Bertz CT molecular complexity index is 758. The number of fused-ring (bicyclic) bond motifs is 1. The molecule has 0 radical (unpaired) electrons. The zero-order valence-corrected chi connectivity index (χ0v) is 11.2. The van der Waals surface area contributed by atoms with Crippen LogP contribution in [-0.4, -0.2) is 17.6 Å². The van der Waals surface area contributed by atoms with Crippen LogP contribution in [0.25, 0.3) is 22.0 Å². The van der Waals surface area contributed by atoms with E-state index in [1.807, 2.05) is 49.5 Å². The Balaban J connectivity index is 2.11. The topological polar surface area (TPSA) is 42.1 Å². The molecule has 3 heteroatoms. The summed E-state index contributed by atoms with van der Waals surface area (Å²) in [6.45, 7) is 2.19. The van der Waals surface area contributed by atoms with Gasteiger partial charge in [0.15, 0.2) is 0 Å². The second kappa shape index (κ2) is 5.21. The van der Waals surface area contributed by atoms with E-state index in [1.54, 1.807) is 6.07 Å². The van der Waals surface area contributed by atoms with E-state index in [1.165, 1.54) is 0 Å². The van der Waals surface area contributed by atoms with Crippen LogP contribution < -0.4 is 0 Å². The molecule has 0 saturated heterocycles. The van der Waals surface area contributed by atoms with Gasteiger partial charge in [0.1, 0.15) is 0 Å². The second-order valence-corrected chi connectivity index (χ2v) is 4.55. The number of hydrogen-bond donors (Lipinski definition) is 1. The van der Waals surface area contributed by atoms with Crippen molar-refractivity contribution in [2.75, 3.05) is 6.61 Å². The SMILES string of the molecule is CCOC(=O)c1ccccc1-c1ccc2[nH]ccc2c1. The molecule has 20 heavy (non-hydrogen) atoms. The molecule has 0 spiro atoms. The van der Waals surface area contributed by atoms with Crippen LogP contribution in [0.15, 0.2) is 54.7 Å². The van der Waals surface area contributed by atoms with Crippen molar-refractivity contribution in [2.45, 2.75) is 6.92 Å². The van der Waals surface area contributed by atoms with Crippen LogP contribution in [0.3, 0.4) is 0 Å². The van der Waals surface area contributed by atoms with Crippen molar-refractivity contribution in [3.63, 3.8) is 0 Å². The normalized spacial score (nSPS) is 10.7. The summed E-state index contributed by atoms with van der Waals surface area (Å²) in [6, 6.07) is 15.7. The van der Waals surface area contributed by atoms with E-state index in [4.69, 9.17) is 4.74 Å². The molecule has 0 aliphatic rings. The van der Waals surface area contributed by atoms with Gasteiger partial charge in [-0.05, 0) is 47.7 Å². The first-order valence-electron chi connectivity index (χ1n) is 6.63. The number of carbonyl (C=O) groups is 1. The van der Waals surface area contributed by atoms with Gasteiger partial charge in [0.25, 0.3) is 0 Å². The molecule has 0 bridgehead atoms. The average Bonchev–Trinajstić information content (AvgIpc) is 2.95. The summed E-state index contributed by atoms with van der Waals surface area (Å²) in [6.07, 6.45) is 1.91. The van der Waals surface area contributed by atoms with E-state index in [0.29, 0.717) is 12.2 Å². The smallest absolute Gasteiger partial charge is 0.338 e. The molecule has 0 amide bonds. The van der Waals surface area contributed by atoms with Crippen molar-refractivity contribution in [1.82, 2.24) is 4.98 Å². The first-order valence-corrected chi connectivity index (χ1v) is 6.63. The third-order valence-corrected chi connectivity index (χ3v) is 3.29. The molecule has 0 fully saturated rings. The number of nitrogens with one attached hydrogen (secondary N) is 1. The fourth-order valence-electron chi connectivity index (χ4n) is 2.34. The van der Waals surface area contributed by atoms with Crippen LogP contribution in [0, 0.1) is 0 Å². The molecule has 1 aromatic heterocycles. The standard InChI is InChI=1S/C17H15NO2/c1-2-20-17(19)15-6-4-3-5-14(15)12-7-8-16-13(11-12)9-10-18-16/h3-11,18H,2H2,1H3. The van der Waals surface area contributed by atoms with Crippen molar-refractivity contribution < 1.29 is 9.53 Å². The second-order valence-electron chi connectivity index (χ2n) is 4.55. The molecule has 0 aliphatic carbocycles. The van der Waals surface area contributed by atoms with Gasteiger partial charge in [-0.3, -0.25) is 0 Å². The lowest BCUT2D eigenvalue weighted by atomic mass is 9.99. The summed E-state index contributed by atoms with van der Waals surface area (Å²) in [4.78, 5) is 15.2. The Labute approximate surface area is 117 Å². The molecule has 0 unspecified atom stereocenters. The van der Waals surface area contributed by atoms with Crippen molar-refractivity contribution in [3.05, 3.63) is 60.3 Å². The van der Waals surface area contributed by atoms with E-state index >= 15 is 0 Å². The monoisotopic (exact) mass is 265 g/mol. The summed E-state index contributed by atoms with van der Waals surface area (Å²) >= 11 is 0. The van der Waals surface area contributed by atoms with Gasteiger partial charge in [-0.25, -0.2) is 4.79 Å². The molecular weight excluding hydrogens is 250 g/mol. The predicted octanol–water partition coefficient (Wildman–Crippen LogP) is 4.01. The van der Waals surface area contributed by atoms with Crippen LogP contribution >= 0.6 is 0 Å². The van der Waals surface area contributed by atoms with Gasteiger partial charge in [0.05, 0.1) is 12.2 Å². The zero-order valence-electron chi connectivity index (χ0n) is 11.2. The molecule has 100 valence electrons. The van der Waals surface area contributed by atoms with Crippen molar-refractivity contribution >= 4 is 16.9 Å². The Hall–Kier alpha value is -2.55. The fraction of sp³-hybridized carbons (Fsp3) is 0.118. The zero-order chi connectivity index (χ0) is 13.9. The molecule has 0 aliphatic heterocycles. The highest BCUT2D eigenvalue weighted by Crippen LogP contribution is 2.27. The van der Waals surface area contributed by atoms with E-state index in [9.17, 15) is 4.79 Å². The molecule has 3 rings (SSSR count). The van der Waals surface area contributed by atoms with Crippen LogP contribution in [0.5, 0.6) is 0 Å². The van der Waals surface area contributed by atoms with E-state index < -0.39 is 0 Å². The van der Waals surface area contributed by atoms with Crippen LogP contribution in [0.1, 0.15) is 17.3 Å². The summed E-state index contributed by atoms with van der Waals surface area (Å²) in [7, 11) is 0. The number of H-pyrrole nitrogens is 1. The van der Waals surface area contributed by atoms with Gasteiger partial charge in [-0.15, -0.1) is 0 Å². The third-order valence-electron chi connectivity index (χ3n) is 3.29. The molecular formula is C17H15NO2. The number of benzene rings is 2. The third kappa shape index (κ3) is 2.18. The lowest BCUT2D eigenvalue weighted by molar-refractivity contribution is 0.0527. The number of aromatic nitrogens is 1. The molecule has 1 N–H and O–H groups in total. The molecule has 1 heterocycles. The Kier molecular flexibility index (Phi) is 3.25. The number of carbonyl (C=O) groups excluding carboxylic acids is 1. The largest absolute Gasteiger partial charge is 0.462 e. The van der Waals surface area contributed by atoms with Gasteiger partial charge >= 0.3 is 5.97 Å². The molecule has 0 atom stereocenters. The van der Waals surface area contributed by atoms with E-state index in [2.05, 4.69) is 11.1 Å². The maximum Gasteiger partial charge on any atom is 0.338 e. The minimum Gasteiger partial charge on any atom is -0.462 e. The Morgan fingerprint density at radius 3 is 2.85 bits per heavy atom. The van der Waals surface area contributed by atoms with Gasteiger partial charge in [-0.2, -0.15) is 0 Å². The molecule has 3 nitrogen and oxygen atoms in total. The average molecular weight is 265 g/mol. The molecule has 0 saturated carbocycles. The Morgan fingerprint density at radius 2 is 2.00 bits per heavy atom. The maximum absolute atomic E-state index is 12.0. The van der Waals surface area contributed by atoms with Crippen LogP contribution in [0.4, 0.5) is 0 Å². The highest BCUT2D eigenvalue weighted by Gasteiger charge is 2.13. The van der Waals surface area contributed by atoms with Crippen molar-refractivity contribution in [3.8, 4) is 11.1 Å². The maximum atomic E-state index is 12.0. The van der Waals surface area contributed by atoms with Gasteiger partial charge in [-0.1, -0.05) is 24.3 Å². The summed E-state index contributed by atoms with van der Waals surface area (Å²) in [5, 5.41) is 1.13. The van der Waals surface area contributed by atoms with Crippen molar-refractivity contribution in [2.24, 2.45) is 0 Å². The highest BCUT2D eigenvalue weighted by molar-refractivity contribution is 5.98. The number of rotatable bonds is 3. The quantitative estimate of drug-likeness (QED) is 0.727. The van der Waals surface area contributed by atoms with Crippen LogP contribution in [0.2, 0.25) is 0 Å². The van der Waals surface area contributed by atoms with Crippen LogP contribution in [-0.2, 0) is 4.74 Å². The van der Waals surface area contributed by atoms with E-state index in [-0.39, 0.29) is 5.97 Å². The number of hydrogen-bond acceptors (Lipinski definition) is 2. The predicted molar refractivity (Wildman–Crippen MR) is 79.7 cm³/mol. The molecule has 2 aromatic carbocycles. The van der Waals surface area contributed by atoms with Gasteiger partial charge < -0.3 is 9.72 Å². The number of esters is 1. The summed E-state index contributed by atoms with van der Waals surface area (Å²) in [5.41, 5.74) is 3.60. The minimum atomic E-state index is -0.280. The number of ether oxygens (including phenoxy) is 1. The Morgan fingerprint density at radius 1 is 1.15 bits per heavy atom.